The van der Waals surface area contributed by atoms with Crippen molar-refractivity contribution >= 4 is 8.32 Å². The molecule has 124 valence electrons. The molecule has 0 aromatic carbocycles. The first-order valence-electron chi connectivity index (χ1n) is 8.84. The monoisotopic (exact) mass is 310 g/mol. The molecule has 21 heavy (non-hydrogen) atoms. The lowest BCUT2D eigenvalue weighted by atomic mass is 10.2. The van der Waals surface area contributed by atoms with Crippen LogP contribution in [-0.4, -0.2) is 8.32 Å². The average molecular weight is 311 g/mol. The van der Waals surface area contributed by atoms with E-state index >= 15 is 0 Å². The molecule has 0 heterocycles. The summed E-state index contributed by atoms with van der Waals surface area (Å²) in [7, 11) is -1.81. The van der Waals surface area contributed by atoms with Crippen LogP contribution in [0.5, 0.6) is 0 Å². The van der Waals surface area contributed by atoms with Crippen LogP contribution in [0.1, 0.15) is 81.1 Å². The van der Waals surface area contributed by atoms with Crippen LogP contribution in [0.4, 0.5) is 0 Å². The van der Waals surface area contributed by atoms with Gasteiger partial charge in [-0.2, -0.15) is 0 Å². The van der Waals surface area contributed by atoms with Crippen molar-refractivity contribution in [2.75, 3.05) is 0 Å². The summed E-state index contributed by atoms with van der Waals surface area (Å²) in [5.74, 6) is 1.08. The normalized spacial score (nSPS) is 14.0. The van der Waals surface area contributed by atoms with E-state index < -0.39 is 8.32 Å². The van der Waals surface area contributed by atoms with Crippen molar-refractivity contribution < 1.29 is 4.43 Å². The van der Waals surface area contributed by atoms with E-state index in [-0.39, 0.29) is 0 Å². The van der Waals surface area contributed by atoms with Crippen molar-refractivity contribution in [3.8, 4) is 0 Å². The lowest BCUT2D eigenvalue weighted by Crippen LogP contribution is -2.47. The van der Waals surface area contributed by atoms with Gasteiger partial charge in [-0.15, -0.1) is 0 Å². The van der Waals surface area contributed by atoms with Crippen LogP contribution in [-0.2, 0) is 4.43 Å². The predicted octanol–water partition coefficient (Wildman–Crippen LogP) is 7.22. The molecule has 0 aliphatic carbocycles. The van der Waals surface area contributed by atoms with Gasteiger partial charge in [0.15, 0.2) is 0 Å². The second-order valence-electron chi connectivity index (χ2n) is 7.01. The fraction of sp³-hybridized carbons (Fsp3) is 0.789. The number of allylic oxidation sites excluding steroid dienone is 3. The molecule has 2 heteroatoms. The third-order valence-corrected chi connectivity index (χ3v) is 10.5. The molecule has 0 saturated carbocycles. The van der Waals surface area contributed by atoms with Crippen LogP contribution < -0.4 is 0 Å². The molecule has 0 saturated heterocycles. The largest absolute Gasteiger partial charge is 0.543 e. The van der Waals surface area contributed by atoms with E-state index in [4.69, 9.17) is 4.43 Å². The highest BCUT2D eigenvalue weighted by molar-refractivity contribution is 6.77. The average Bonchev–Trinajstić information content (AvgIpc) is 2.40. The van der Waals surface area contributed by atoms with Gasteiger partial charge in [0.2, 0.25) is 0 Å². The van der Waals surface area contributed by atoms with Crippen LogP contribution in [0.2, 0.25) is 16.6 Å². The summed E-state index contributed by atoms with van der Waals surface area (Å²) in [5, 5.41) is 0. The fourth-order valence-corrected chi connectivity index (χ4v) is 8.76. The van der Waals surface area contributed by atoms with E-state index in [0.29, 0.717) is 16.6 Å². The Morgan fingerprint density at radius 1 is 0.952 bits per heavy atom. The second kappa shape index (κ2) is 10.3. The third kappa shape index (κ3) is 6.02. The molecule has 0 bridgehead atoms. The van der Waals surface area contributed by atoms with Crippen LogP contribution in [0.25, 0.3) is 0 Å². The molecule has 0 aromatic heterocycles. The van der Waals surface area contributed by atoms with E-state index in [9.17, 15) is 0 Å². The van der Waals surface area contributed by atoms with Gasteiger partial charge in [-0.3, -0.25) is 0 Å². The Morgan fingerprint density at radius 3 is 1.86 bits per heavy atom. The Kier molecular flexibility index (Phi) is 10.0. The Labute approximate surface area is 135 Å². The molecule has 0 N–H and O–H groups in total. The van der Waals surface area contributed by atoms with Gasteiger partial charge >= 0.3 is 0 Å². The summed E-state index contributed by atoms with van der Waals surface area (Å²) < 4.78 is 6.69. The molecule has 0 rings (SSSR count). The third-order valence-electron chi connectivity index (χ3n) is 4.54. The molecule has 0 radical (unpaired) electrons. The van der Waals surface area contributed by atoms with Crippen LogP contribution >= 0.6 is 0 Å². The zero-order valence-electron chi connectivity index (χ0n) is 15.7. The van der Waals surface area contributed by atoms with Crippen molar-refractivity contribution in [3.05, 3.63) is 24.0 Å². The lowest BCUT2D eigenvalue weighted by Gasteiger charge is -2.42. The first-order chi connectivity index (χ1) is 9.82. The highest BCUT2D eigenvalue weighted by Gasteiger charge is 2.47. The summed E-state index contributed by atoms with van der Waals surface area (Å²) >= 11 is 0. The van der Waals surface area contributed by atoms with Gasteiger partial charge < -0.3 is 4.43 Å². The fourth-order valence-electron chi connectivity index (χ4n) is 3.46. The highest BCUT2D eigenvalue weighted by Crippen LogP contribution is 2.43. The van der Waals surface area contributed by atoms with E-state index in [1.165, 1.54) is 19.3 Å². The smallest absolute Gasteiger partial charge is 0.258 e. The first kappa shape index (κ1) is 20.5. The zero-order chi connectivity index (χ0) is 16.5. The maximum atomic E-state index is 6.69. The highest BCUT2D eigenvalue weighted by atomic mass is 28.4. The number of hydrogen-bond acceptors (Lipinski definition) is 1. The van der Waals surface area contributed by atoms with Gasteiger partial charge in [0.05, 0.1) is 5.76 Å². The molecule has 0 aliphatic heterocycles. The Balaban J connectivity index is 4.97. The standard InChI is InChI=1S/C19H38OSi/c1-9-11-12-13-14-15-19(10-2)20-21(16(3)4,17(5)6)18(7)8/h10,14-18H,9,11-13H2,1-8H3/b15-14+,19-10+. The molecule has 0 aliphatic rings. The van der Waals surface area contributed by atoms with Crippen molar-refractivity contribution in [2.45, 2.75) is 97.7 Å². The van der Waals surface area contributed by atoms with E-state index in [1.54, 1.807) is 0 Å². The molecular weight excluding hydrogens is 272 g/mol. The molecule has 0 spiro atoms. The minimum Gasteiger partial charge on any atom is -0.543 e. The van der Waals surface area contributed by atoms with E-state index in [0.717, 1.165) is 12.2 Å². The summed E-state index contributed by atoms with van der Waals surface area (Å²) in [6.45, 7) is 18.4. The van der Waals surface area contributed by atoms with Crippen molar-refractivity contribution in [1.29, 1.82) is 0 Å². The minimum absolute atomic E-state index is 0.626. The first-order valence-corrected chi connectivity index (χ1v) is 11.0. The van der Waals surface area contributed by atoms with Gasteiger partial charge in [-0.1, -0.05) is 67.4 Å². The van der Waals surface area contributed by atoms with Crippen LogP contribution in [0.15, 0.2) is 24.0 Å². The lowest BCUT2D eigenvalue weighted by molar-refractivity contribution is 0.385. The maximum absolute atomic E-state index is 6.69. The van der Waals surface area contributed by atoms with Gasteiger partial charge in [0, 0.05) is 0 Å². The van der Waals surface area contributed by atoms with Crippen LogP contribution in [0.3, 0.4) is 0 Å². The zero-order valence-corrected chi connectivity index (χ0v) is 16.7. The molecule has 0 aromatic rings. The van der Waals surface area contributed by atoms with E-state index in [2.05, 4.69) is 73.6 Å². The topological polar surface area (TPSA) is 9.23 Å². The van der Waals surface area contributed by atoms with Crippen molar-refractivity contribution in [3.63, 3.8) is 0 Å². The quantitative estimate of drug-likeness (QED) is 0.179. The summed E-state index contributed by atoms with van der Waals surface area (Å²) in [4.78, 5) is 0. The molecule has 0 unspecified atom stereocenters. The maximum Gasteiger partial charge on any atom is 0.258 e. The second-order valence-corrected chi connectivity index (χ2v) is 12.4. The van der Waals surface area contributed by atoms with Crippen molar-refractivity contribution in [1.82, 2.24) is 0 Å². The summed E-state index contributed by atoms with van der Waals surface area (Å²) in [6, 6.07) is 0. The van der Waals surface area contributed by atoms with E-state index in [1.807, 2.05) is 0 Å². The van der Waals surface area contributed by atoms with Gasteiger partial charge in [-0.25, -0.2) is 0 Å². The predicted molar refractivity (Wildman–Crippen MR) is 99.2 cm³/mol. The Morgan fingerprint density at radius 2 is 1.48 bits per heavy atom. The molecule has 0 amide bonds. The minimum atomic E-state index is -1.81. The number of unbranched alkanes of at least 4 members (excludes halogenated alkanes) is 3. The van der Waals surface area contributed by atoms with Gasteiger partial charge in [0.25, 0.3) is 8.32 Å². The molecule has 0 fully saturated rings. The summed E-state index contributed by atoms with van der Waals surface area (Å²) in [5.41, 5.74) is 1.88. The SMILES string of the molecule is C/C=C(\C=C\CCCCC)O[Si](C(C)C)(C(C)C)C(C)C. The van der Waals surface area contributed by atoms with Crippen LogP contribution in [0, 0.1) is 0 Å². The van der Waals surface area contributed by atoms with Gasteiger partial charge in [-0.05, 0) is 48.5 Å². The van der Waals surface area contributed by atoms with Crippen molar-refractivity contribution in [2.24, 2.45) is 0 Å². The molecular formula is C19H38OSi. The molecule has 0 atom stereocenters. The number of hydrogen-bond donors (Lipinski definition) is 0. The molecule has 1 nitrogen and oxygen atoms in total. The summed E-state index contributed by atoms with van der Waals surface area (Å²) in [6.07, 6.45) is 11.7. The Hall–Kier alpha value is -0.503. The Bertz CT molecular complexity index is 305. The van der Waals surface area contributed by atoms with Gasteiger partial charge in [0.1, 0.15) is 0 Å². The number of rotatable bonds is 10.